The van der Waals surface area contributed by atoms with Crippen LogP contribution in [0.25, 0.3) is 0 Å². The molecule has 4 atom stereocenters. The SMILES string of the molecule is CC(C)C(C)[C@H]1O[C@@H](C)[CH-]C1C(C)C.[Y]. The summed E-state index contributed by atoms with van der Waals surface area (Å²) in [6, 6.07) is 0. The van der Waals surface area contributed by atoms with Crippen LogP contribution in [0.3, 0.4) is 0 Å². The molecular weight excluding hydrogens is 261 g/mol. The monoisotopic (exact) mass is 286 g/mol. The third kappa shape index (κ3) is 4.09. The van der Waals surface area contributed by atoms with E-state index >= 15 is 0 Å². The predicted octanol–water partition coefficient (Wildman–Crippen LogP) is 3.54. The van der Waals surface area contributed by atoms with Crippen molar-refractivity contribution in [3.63, 3.8) is 0 Å². The van der Waals surface area contributed by atoms with Crippen molar-refractivity contribution in [2.75, 3.05) is 0 Å². The minimum atomic E-state index is 0. The third-order valence-electron chi connectivity index (χ3n) is 3.58. The van der Waals surface area contributed by atoms with Crippen LogP contribution in [0.1, 0.15) is 41.5 Å². The smallest absolute Gasteiger partial charge is 0.0332 e. The van der Waals surface area contributed by atoms with Gasteiger partial charge in [0, 0.05) is 38.8 Å². The molecule has 1 rings (SSSR count). The number of hydrogen-bond acceptors (Lipinski definition) is 1. The maximum atomic E-state index is 6.00. The zero-order valence-electron chi connectivity index (χ0n) is 11.0. The van der Waals surface area contributed by atoms with Crippen LogP contribution in [-0.4, -0.2) is 12.2 Å². The molecule has 0 aromatic carbocycles. The van der Waals surface area contributed by atoms with Crippen molar-refractivity contribution in [3.05, 3.63) is 6.42 Å². The Hall–Kier alpha value is 1.06. The van der Waals surface area contributed by atoms with Gasteiger partial charge in [0.2, 0.25) is 0 Å². The summed E-state index contributed by atoms with van der Waals surface area (Å²) in [4.78, 5) is 0. The predicted molar refractivity (Wildman–Crippen MR) is 61.0 cm³/mol. The second-order valence-electron chi connectivity index (χ2n) is 5.42. The molecular formula is C13H25OY-. The van der Waals surface area contributed by atoms with Gasteiger partial charge in [-0.25, -0.2) is 0 Å². The number of rotatable bonds is 3. The van der Waals surface area contributed by atoms with E-state index in [0.717, 1.165) is 0 Å². The van der Waals surface area contributed by atoms with Gasteiger partial charge >= 0.3 is 0 Å². The van der Waals surface area contributed by atoms with E-state index in [1.54, 1.807) is 0 Å². The largest absolute Gasteiger partial charge is 0.409 e. The Morgan fingerprint density at radius 2 is 1.60 bits per heavy atom. The van der Waals surface area contributed by atoms with Crippen molar-refractivity contribution in [1.29, 1.82) is 0 Å². The van der Waals surface area contributed by atoms with Gasteiger partial charge in [0.05, 0.1) is 0 Å². The normalized spacial score (nSPS) is 33.2. The molecule has 1 heterocycles. The van der Waals surface area contributed by atoms with E-state index < -0.39 is 0 Å². The van der Waals surface area contributed by atoms with Crippen LogP contribution in [0.4, 0.5) is 0 Å². The van der Waals surface area contributed by atoms with Crippen LogP contribution < -0.4 is 0 Å². The fraction of sp³-hybridized carbons (Fsp3) is 0.923. The van der Waals surface area contributed by atoms with Crippen LogP contribution in [-0.2, 0) is 37.4 Å². The summed E-state index contributed by atoms with van der Waals surface area (Å²) in [5.74, 6) is 2.71. The number of hydrogen-bond donors (Lipinski definition) is 0. The maximum Gasteiger partial charge on any atom is 0.0332 e. The Kier molecular flexibility index (Phi) is 7.19. The molecule has 1 aliphatic heterocycles. The zero-order chi connectivity index (χ0) is 10.9. The molecule has 0 saturated carbocycles. The molecule has 15 heavy (non-hydrogen) atoms. The van der Waals surface area contributed by atoms with Gasteiger partial charge in [0.15, 0.2) is 0 Å². The Bertz CT molecular complexity index is 179. The molecule has 1 nitrogen and oxygen atoms in total. The standard InChI is InChI=1S/C13H25O.Y/c1-8(2)11(6)13-12(9(3)4)7-10(5)14-13;/h7-13H,1-6H3;/q-1;/t10-,11?,12?,13+;/m0./s1. The average molecular weight is 286 g/mol. The first kappa shape index (κ1) is 16.1. The fourth-order valence-electron chi connectivity index (χ4n) is 2.26. The number of ether oxygens (including phenoxy) is 1. The topological polar surface area (TPSA) is 9.23 Å². The van der Waals surface area contributed by atoms with E-state index in [1.165, 1.54) is 0 Å². The molecule has 0 N–H and O–H groups in total. The maximum absolute atomic E-state index is 6.00. The van der Waals surface area contributed by atoms with Crippen molar-refractivity contribution in [1.82, 2.24) is 0 Å². The third-order valence-corrected chi connectivity index (χ3v) is 3.58. The molecule has 1 radical (unpaired) electrons. The summed E-state index contributed by atoms with van der Waals surface area (Å²) in [5.41, 5.74) is 0. The zero-order valence-corrected chi connectivity index (χ0v) is 13.9. The van der Waals surface area contributed by atoms with Crippen LogP contribution in [0.5, 0.6) is 0 Å². The van der Waals surface area contributed by atoms with E-state index in [2.05, 4.69) is 48.0 Å². The summed E-state index contributed by atoms with van der Waals surface area (Å²) >= 11 is 0. The van der Waals surface area contributed by atoms with E-state index in [9.17, 15) is 0 Å². The molecule has 2 heteroatoms. The van der Waals surface area contributed by atoms with E-state index in [4.69, 9.17) is 4.74 Å². The van der Waals surface area contributed by atoms with Gasteiger partial charge in [-0.05, 0) is 11.8 Å². The first-order chi connectivity index (χ1) is 6.43. The molecule has 0 bridgehead atoms. The molecule has 0 aromatic rings. The van der Waals surface area contributed by atoms with Crippen molar-refractivity contribution in [2.24, 2.45) is 23.7 Å². The van der Waals surface area contributed by atoms with Crippen molar-refractivity contribution in [2.45, 2.75) is 53.8 Å². The van der Waals surface area contributed by atoms with Crippen LogP contribution in [0, 0.1) is 30.1 Å². The van der Waals surface area contributed by atoms with Gasteiger partial charge in [-0.15, -0.1) is 5.92 Å². The van der Waals surface area contributed by atoms with Gasteiger partial charge in [0.1, 0.15) is 0 Å². The Morgan fingerprint density at radius 3 is 2.00 bits per heavy atom. The molecule has 0 amide bonds. The van der Waals surface area contributed by atoms with Crippen LogP contribution in [0.15, 0.2) is 0 Å². The molecule has 87 valence electrons. The Morgan fingerprint density at radius 1 is 1.07 bits per heavy atom. The summed E-state index contributed by atoms with van der Waals surface area (Å²) in [7, 11) is 0. The fourth-order valence-corrected chi connectivity index (χ4v) is 2.26. The van der Waals surface area contributed by atoms with Gasteiger partial charge in [-0.3, -0.25) is 6.42 Å². The summed E-state index contributed by atoms with van der Waals surface area (Å²) in [6.07, 6.45) is 3.16. The average Bonchev–Trinajstić information content (AvgIpc) is 2.45. The van der Waals surface area contributed by atoms with Crippen molar-refractivity contribution >= 4 is 0 Å². The summed E-state index contributed by atoms with van der Waals surface area (Å²) < 4.78 is 6.00. The van der Waals surface area contributed by atoms with E-state index in [-0.39, 0.29) is 32.7 Å². The van der Waals surface area contributed by atoms with Crippen molar-refractivity contribution in [3.8, 4) is 0 Å². The first-order valence-electron chi connectivity index (χ1n) is 5.94. The molecule has 0 aliphatic carbocycles. The molecule has 0 aromatic heterocycles. The Labute approximate surface area is 121 Å². The van der Waals surface area contributed by atoms with Gasteiger partial charge in [-0.1, -0.05) is 53.6 Å². The summed E-state index contributed by atoms with van der Waals surface area (Å²) in [5, 5.41) is 0. The second-order valence-corrected chi connectivity index (χ2v) is 5.42. The van der Waals surface area contributed by atoms with Crippen LogP contribution in [0.2, 0.25) is 0 Å². The van der Waals surface area contributed by atoms with Gasteiger partial charge in [-0.2, -0.15) is 0 Å². The molecule has 2 unspecified atom stereocenters. The van der Waals surface area contributed by atoms with Crippen LogP contribution >= 0.6 is 0 Å². The van der Waals surface area contributed by atoms with Gasteiger partial charge in [0.25, 0.3) is 0 Å². The molecule has 0 spiro atoms. The minimum Gasteiger partial charge on any atom is -0.409 e. The quantitative estimate of drug-likeness (QED) is 0.721. The van der Waals surface area contributed by atoms with E-state index in [1.807, 2.05) is 0 Å². The summed E-state index contributed by atoms with van der Waals surface area (Å²) in [6.45, 7) is 13.6. The van der Waals surface area contributed by atoms with Crippen molar-refractivity contribution < 1.29 is 37.4 Å². The second kappa shape index (κ2) is 6.72. The molecule has 1 aliphatic rings. The Balaban J connectivity index is 0.00000196. The minimum absolute atomic E-state index is 0. The first-order valence-corrected chi connectivity index (χ1v) is 5.94. The van der Waals surface area contributed by atoms with E-state index in [0.29, 0.717) is 35.9 Å². The van der Waals surface area contributed by atoms with Gasteiger partial charge < -0.3 is 4.74 Å². The molecule has 1 saturated heterocycles. The molecule has 1 fully saturated rings.